The highest BCUT2D eigenvalue weighted by molar-refractivity contribution is 6.31. The van der Waals surface area contributed by atoms with Gasteiger partial charge in [-0.05, 0) is 36.1 Å². The smallest absolute Gasteiger partial charge is 0.163 e. The molecule has 0 spiro atoms. The Morgan fingerprint density at radius 3 is 2.85 bits per heavy atom. The summed E-state index contributed by atoms with van der Waals surface area (Å²) in [5.74, 6) is 0.243. The van der Waals surface area contributed by atoms with Crippen LogP contribution < -0.4 is 0 Å². The second kappa shape index (κ2) is 3.15. The van der Waals surface area contributed by atoms with Gasteiger partial charge in [0.25, 0.3) is 0 Å². The standard InChI is InChI=1S/C11H11ClO/c1-2-7-5-8(12)6-10-9(7)3-4-11(10)13/h5-6H,2-4H2,1H3. The van der Waals surface area contributed by atoms with Gasteiger partial charge in [0, 0.05) is 17.0 Å². The summed E-state index contributed by atoms with van der Waals surface area (Å²) in [7, 11) is 0. The van der Waals surface area contributed by atoms with Crippen molar-refractivity contribution in [1.82, 2.24) is 0 Å². The van der Waals surface area contributed by atoms with Gasteiger partial charge in [0.1, 0.15) is 0 Å². The van der Waals surface area contributed by atoms with Crippen molar-refractivity contribution in [2.75, 3.05) is 0 Å². The van der Waals surface area contributed by atoms with Gasteiger partial charge < -0.3 is 0 Å². The van der Waals surface area contributed by atoms with Gasteiger partial charge in [0.2, 0.25) is 0 Å². The van der Waals surface area contributed by atoms with Gasteiger partial charge in [-0.3, -0.25) is 4.79 Å². The first-order valence-corrected chi connectivity index (χ1v) is 4.94. The Kier molecular flexibility index (Phi) is 2.12. The van der Waals surface area contributed by atoms with E-state index in [1.54, 1.807) is 6.07 Å². The lowest BCUT2D eigenvalue weighted by Gasteiger charge is -2.05. The minimum absolute atomic E-state index is 0.243. The van der Waals surface area contributed by atoms with E-state index in [1.165, 1.54) is 11.1 Å². The molecule has 2 rings (SSSR count). The SMILES string of the molecule is CCc1cc(Cl)cc2c1CCC2=O. The van der Waals surface area contributed by atoms with Crippen molar-refractivity contribution in [3.63, 3.8) is 0 Å². The van der Waals surface area contributed by atoms with Crippen LogP contribution >= 0.6 is 11.6 Å². The van der Waals surface area contributed by atoms with Crippen LogP contribution in [0.3, 0.4) is 0 Å². The van der Waals surface area contributed by atoms with Crippen molar-refractivity contribution in [2.45, 2.75) is 26.2 Å². The molecule has 0 radical (unpaired) electrons. The van der Waals surface area contributed by atoms with Crippen LogP contribution in [-0.4, -0.2) is 5.78 Å². The van der Waals surface area contributed by atoms with E-state index in [0.29, 0.717) is 11.4 Å². The van der Waals surface area contributed by atoms with Crippen LogP contribution in [0.2, 0.25) is 5.02 Å². The maximum absolute atomic E-state index is 11.4. The molecular weight excluding hydrogens is 184 g/mol. The van der Waals surface area contributed by atoms with E-state index in [2.05, 4.69) is 6.92 Å². The lowest BCUT2D eigenvalue weighted by molar-refractivity contribution is 0.0994. The van der Waals surface area contributed by atoms with Crippen LogP contribution in [-0.2, 0) is 12.8 Å². The molecule has 0 unspecified atom stereocenters. The van der Waals surface area contributed by atoms with Crippen LogP contribution in [0.15, 0.2) is 12.1 Å². The second-order valence-corrected chi connectivity index (χ2v) is 3.80. The topological polar surface area (TPSA) is 17.1 Å². The van der Waals surface area contributed by atoms with E-state index in [9.17, 15) is 4.79 Å². The van der Waals surface area contributed by atoms with Crippen molar-refractivity contribution < 1.29 is 4.79 Å². The zero-order valence-electron chi connectivity index (χ0n) is 7.56. The molecule has 0 amide bonds. The molecule has 68 valence electrons. The molecule has 0 saturated carbocycles. The molecule has 0 fully saturated rings. The van der Waals surface area contributed by atoms with Gasteiger partial charge in [-0.2, -0.15) is 0 Å². The second-order valence-electron chi connectivity index (χ2n) is 3.37. The summed E-state index contributed by atoms with van der Waals surface area (Å²) in [6, 6.07) is 3.77. The molecule has 2 heteroatoms. The first-order valence-electron chi connectivity index (χ1n) is 4.57. The number of halogens is 1. The van der Waals surface area contributed by atoms with E-state index in [0.717, 1.165) is 18.4 Å². The van der Waals surface area contributed by atoms with Gasteiger partial charge in [0.05, 0.1) is 0 Å². The lowest BCUT2D eigenvalue weighted by atomic mass is 10.0. The Morgan fingerprint density at radius 2 is 2.15 bits per heavy atom. The molecule has 0 heterocycles. The third-order valence-corrected chi connectivity index (χ3v) is 2.81. The van der Waals surface area contributed by atoms with Crippen molar-refractivity contribution in [3.05, 3.63) is 33.8 Å². The number of Topliss-reactive ketones (excluding diaryl/α,β-unsaturated/α-hetero) is 1. The Labute approximate surface area is 82.7 Å². The van der Waals surface area contributed by atoms with Crippen molar-refractivity contribution in [2.24, 2.45) is 0 Å². The number of benzene rings is 1. The average Bonchev–Trinajstić information content (AvgIpc) is 2.47. The molecule has 1 aliphatic rings. The quantitative estimate of drug-likeness (QED) is 0.672. The highest BCUT2D eigenvalue weighted by atomic mass is 35.5. The number of hydrogen-bond acceptors (Lipinski definition) is 1. The molecular formula is C11H11ClO. The maximum atomic E-state index is 11.4. The Morgan fingerprint density at radius 1 is 1.38 bits per heavy atom. The molecule has 0 aliphatic heterocycles. The minimum atomic E-state index is 0.243. The zero-order chi connectivity index (χ0) is 9.42. The third kappa shape index (κ3) is 1.37. The summed E-state index contributed by atoms with van der Waals surface area (Å²) in [4.78, 5) is 11.4. The van der Waals surface area contributed by atoms with Crippen molar-refractivity contribution in [1.29, 1.82) is 0 Å². The normalized spacial score (nSPS) is 14.8. The Bertz CT molecular complexity index is 369. The fourth-order valence-corrected chi connectivity index (χ4v) is 2.17. The van der Waals surface area contributed by atoms with E-state index < -0.39 is 0 Å². The van der Waals surface area contributed by atoms with E-state index in [1.807, 2.05) is 6.07 Å². The number of hydrogen-bond donors (Lipinski definition) is 0. The van der Waals surface area contributed by atoms with E-state index in [4.69, 9.17) is 11.6 Å². The van der Waals surface area contributed by atoms with E-state index >= 15 is 0 Å². The first kappa shape index (κ1) is 8.76. The van der Waals surface area contributed by atoms with Gasteiger partial charge >= 0.3 is 0 Å². The van der Waals surface area contributed by atoms with Crippen molar-refractivity contribution >= 4 is 17.4 Å². The molecule has 13 heavy (non-hydrogen) atoms. The number of fused-ring (bicyclic) bond motifs is 1. The number of carbonyl (C=O) groups excluding carboxylic acids is 1. The molecule has 1 nitrogen and oxygen atoms in total. The lowest BCUT2D eigenvalue weighted by Crippen LogP contribution is -1.94. The number of ketones is 1. The largest absolute Gasteiger partial charge is 0.294 e. The summed E-state index contributed by atoms with van der Waals surface area (Å²) in [5.41, 5.74) is 3.30. The van der Waals surface area contributed by atoms with E-state index in [-0.39, 0.29) is 5.78 Å². The summed E-state index contributed by atoms with van der Waals surface area (Å²) in [6.07, 6.45) is 2.51. The monoisotopic (exact) mass is 194 g/mol. The molecule has 0 bridgehead atoms. The van der Waals surface area contributed by atoms with Gasteiger partial charge in [-0.1, -0.05) is 18.5 Å². The number of aryl methyl sites for hydroxylation is 1. The van der Waals surface area contributed by atoms with Gasteiger partial charge in [-0.15, -0.1) is 0 Å². The number of carbonyl (C=O) groups is 1. The maximum Gasteiger partial charge on any atom is 0.163 e. The van der Waals surface area contributed by atoms with Gasteiger partial charge in [-0.25, -0.2) is 0 Å². The van der Waals surface area contributed by atoms with Crippen LogP contribution in [0, 0.1) is 0 Å². The number of rotatable bonds is 1. The molecule has 0 saturated heterocycles. The molecule has 1 aromatic carbocycles. The summed E-state index contributed by atoms with van der Waals surface area (Å²) in [6.45, 7) is 2.09. The zero-order valence-corrected chi connectivity index (χ0v) is 8.32. The first-order chi connectivity index (χ1) is 6.22. The average molecular weight is 195 g/mol. The fourth-order valence-electron chi connectivity index (χ4n) is 1.93. The summed E-state index contributed by atoms with van der Waals surface area (Å²) < 4.78 is 0. The predicted octanol–water partition coefficient (Wildman–Crippen LogP) is 3.03. The third-order valence-electron chi connectivity index (χ3n) is 2.59. The molecule has 0 aromatic heterocycles. The highest BCUT2D eigenvalue weighted by Crippen LogP contribution is 2.29. The van der Waals surface area contributed by atoms with Crippen LogP contribution in [0.1, 0.15) is 34.8 Å². The summed E-state index contributed by atoms with van der Waals surface area (Å²) in [5, 5.41) is 0.686. The van der Waals surface area contributed by atoms with Crippen LogP contribution in [0.5, 0.6) is 0 Å². The minimum Gasteiger partial charge on any atom is -0.294 e. The Hall–Kier alpha value is -0.820. The Balaban J connectivity index is 2.63. The predicted molar refractivity (Wildman–Crippen MR) is 53.5 cm³/mol. The molecule has 0 atom stereocenters. The highest BCUT2D eigenvalue weighted by Gasteiger charge is 2.21. The van der Waals surface area contributed by atoms with Crippen LogP contribution in [0.4, 0.5) is 0 Å². The van der Waals surface area contributed by atoms with Crippen LogP contribution in [0.25, 0.3) is 0 Å². The van der Waals surface area contributed by atoms with Gasteiger partial charge in [0.15, 0.2) is 5.78 Å². The fraction of sp³-hybridized carbons (Fsp3) is 0.364. The van der Waals surface area contributed by atoms with Crippen molar-refractivity contribution in [3.8, 4) is 0 Å². The molecule has 1 aromatic rings. The summed E-state index contributed by atoms with van der Waals surface area (Å²) >= 11 is 5.92. The molecule has 1 aliphatic carbocycles. The molecule has 0 N–H and O–H groups in total.